The molecule has 0 aliphatic heterocycles. The lowest BCUT2D eigenvalue weighted by molar-refractivity contribution is 0.198. The molecule has 0 aliphatic carbocycles. The molecular weight excluding hydrogens is 282 g/mol. The molecule has 2 amide bonds. The van der Waals surface area contributed by atoms with E-state index in [1.807, 2.05) is 0 Å². The molecule has 1 aromatic carbocycles. The molecule has 0 heterocycles. The molecule has 4 N–H and O–H groups in total. The highest BCUT2D eigenvalue weighted by molar-refractivity contribution is 5.90. The predicted octanol–water partition coefficient (Wildman–Crippen LogP) is 2.34. The number of anilines is 1. The van der Waals surface area contributed by atoms with Crippen LogP contribution in [0.15, 0.2) is 23.4 Å². The number of nitrogens with one attached hydrogen (secondary N) is 1. The Bertz CT molecular complexity index is 535. The molecule has 0 atom stereocenters. The van der Waals surface area contributed by atoms with Crippen molar-refractivity contribution in [3.05, 3.63) is 29.8 Å². The van der Waals surface area contributed by atoms with Gasteiger partial charge < -0.3 is 21.2 Å². The van der Waals surface area contributed by atoms with Crippen LogP contribution in [0.3, 0.4) is 0 Å². The van der Waals surface area contributed by atoms with E-state index >= 15 is 0 Å². The minimum absolute atomic E-state index is 0.0126. The third-order valence-electron chi connectivity index (χ3n) is 2.79. The van der Waals surface area contributed by atoms with Gasteiger partial charge in [0.15, 0.2) is 0 Å². The Kier molecular flexibility index (Phi) is 5.89. The summed E-state index contributed by atoms with van der Waals surface area (Å²) in [5.74, 6) is -1.59. The molecule has 6 nitrogen and oxygen atoms in total. The molecule has 0 aromatic heterocycles. The fourth-order valence-electron chi connectivity index (χ4n) is 1.66. The predicted molar refractivity (Wildman–Crippen MR) is 75.2 cm³/mol. The summed E-state index contributed by atoms with van der Waals surface area (Å²) in [5.41, 5.74) is 5.24. The Hall–Kier alpha value is -2.38. The number of nitrogens with zero attached hydrogens (tertiary/aromatic N) is 2. The van der Waals surface area contributed by atoms with Crippen molar-refractivity contribution in [2.45, 2.75) is 26.3 Å². The number of oxime groups is 1. The fourth-order valence-corrected chi connectivity index (χ4v) is 1.66. The van der Waals surface area contributed by atoms with E-state index in [9.17, 15) is 13.6 Å². The maximum Gasteiger partial charge on any atom is 0.322 e. The van der Waals surface area contributed by atoms with Crippen molar-refractivity contribution < 1.29 is 18.8 Å². The molecule has 1 aromatic rings. The summed E-state index contributed by atoms with van der Waals surface area (Å²) in [5, 5.41) is 13.7. The van der Waals surface area contributed by atoms with Crippen LogP contribution in [0, 0.1) is 11.6 Å². The SMILES string of the molecule is CC(C)N(CCC(N)=NO)C(=O)Nc1ccc(F)cc1F. The summed E-state index contributed by atoms with van der Waals surface area (Å²) in [7, 11) is 0. The standard InChI is InChI=1S/C13H18F2N4O2/c1-8(2)19(6-5-12(16)18-21)13(20)17-11-4-3-9(14)7-10(11)15/h3-4,7-8,21H,5-6H2,1-2H3,(H2,16,18)(H,17,20). The van der Waals surface area contributed by atoms with Crippen molar-refractivity contribution >= 4 is 17.6 Å². The Balaban J connectivity index is 2.77. The van der Waals surface area contributed by atoms with Gasteiger partial charge in [-0.15, -0.1) is 0 Å². The van der Waals surface area contributed by atoms with Gasteiger partial charge >= 0.3 is 6.03 Å². The van der Waals surface area contributed by atoms with Gasteiger partial charge in [0.25, 0.3) is 0 Å². The van der Waals surface area contributed by atoms with Crippen LogP contribution in [0.2, 0.25) is 0 Å². The third kappa shape index (κ3) is 4.90. The van der Waals surface area contributed by atoms with Crippen LogP contribution >= 0.6 is 0 Å². The minimum atomic E-state index is -0.858. The number of carbonyl (C=O) groups excluding carboxylic acids is 1. The summed E-state index contributed by atoms with van der Waals surface area (Å²) >= 11 is 0. The number of rotatable bonds is 5. The molecule has 0 bridgehead atoms. The summed E-state index contributed by atoms with van der Waals surface area (Å²) in [6.45, 7) is 3.74. The van der Waals surface area contributed by atoms with Gasteiger partial charge in [-0.1, -0.05) is 5.16 Å². The summed E-state index contributed by atoms with van der Waals surface area (Å²) in [4.78, 5) is 13.5. The zero-order valence-electron chi connectivity index (χ0n) is 11.8. The van der Waals surface area contributed by atoms with Crippen LogP contribution in [0.25, 0.3) is 0 Å². The Labute approximate surface area is 121 Å². The highest BCUT2D eigenvalue weighted by Crippen LogP contribution is 2.16. The van der Waals surface area contributed by atoms with Crippen molar-refractivity contribution in [2.75, 3.05) is 11.9 Å². The van der Waals surface area contributed by atoms with E-state index in [0.717, 1.165) is 12.1 Å². The zero-order chi connectivity index (χ0) is 16.0. The second kappa shape index (κ2) is 7.41. The van der Waals surface area contributed by atoms with Gasteiger partial charge in [0.1, 0.15) is 17.5 Å². The molecule has 8 heteroatoms. The lowest BCUT2D eigenvalue weighted by Crippen LogP contribution is -2.42. The first-order valence-electron chi connectivity index (χ1n) is 6.34. The smallest absolute Gasteiger partial charge is 0.322 e. The molecular formula is C13H18F2N4O2. The van der Waals surface area contributed by atoms with Crippen molar-refractivity contribution in [1.29, 1.82) is 0 Å². The number of benzene rings is 1. The molecule has 21 heavy (non-hydrogen) atoms. The topological polar surface area (TPSA) is 90.9 Å². The average molecular weight is 300 g/mol. The monoisotopic (exact) mass is 300 g/mol. The van der Waals surface area contributed by atoms with Gasteiger partial charge in [-0.05, 0) is 26.0 Å². The number of nitrogens with two attached hydrogens (primary N) is 1. The van der Waals surface area contributed by atoms with E-state index in [-0.39, 0.29) is 30.5 Å². The number of carbonyl (C=O) groups is 1. The summed E-state index contributed by atoms with van der Waals surface area (Å²) in [6.07, 6.45) is 0.175. The molecule has 0 fully saturated rings. The van der Waals surface area contributed by atoms with Gasteiger partial charge in [-0.2, -0.15) is 0 Å². The first kappa shape index (κ1) is 16.7. The maximum absolute atomic E-state index is 13.5. The van der Waals surface area contributed by atoms with Gasteiger partial charge in [0.2, 0.25) is 0 Å². The number of urea groups is 1. The van der Waals surface area contributed by atoms with Crippen molar-refractivity contribution in [1.82, 2.24) is 4.90 Å². The fraction of sp³-hybridized carbons (Fsp3) is 0.385. The van der Waals surface area contributed by atoms with Gasteiger partial charge in [-0.25, -0.2) is 13.6 Å². The second-order valence-electron chi connectivity index (χ2n) is 4.68. The molecule has 0 saturated carbocycles. The van der Waals surface area contributed by atoms with E-state index < -0.39 is 17.7 Å². The van der Waals surface area contributed by atoms with Crippen LogP contribution < -0.4 is 11.1 Å². The van der Waals surface area contributed by atoms with E-state index in [2.05, 4.69) is 10.5 Å². The molecule has 116 valence electrons. The molecule has 0 unspecified atom stereocenters. The lowest BCUT2D eigenvalue weighted by atomic mass is 10.2. The van der Waals surface area contributed by atoms with E-state index in [1.165, 1.54) is 4.90 Å². The first-order chi connectivity index (χ1) is 9.85. The van der Waals surface area contributed by atoms with Crippen molar-refractivity contribution in [3.8, 4) is 0 Å². The van der Waals surface area contributed by atoms with Gasteiger partial charge in [0, 0.05) is 25.1 Å². The number of hydrogen-bond acceptors (Lipinski definition) is 3. The number of hydrogen-bond donors (Lipinski definition) is 3. The minimum Gasteiger partial charge on any atom is -0.409 e. The highest BCUT2D eigenvalue weighted by Gasteiger charge is 2.18. The van der Waals surface area contributed by atoms with E-state index in [1.54, 1.807) is 13.8 Å². The number of halogens is 2. The Morgan fingerprint density at radius 2 is 2.14 bits per heavy atom. The second-order valence-corrected chi connectivity index (χ2v) is 4.68. The Morgan fingerprint density at radius 3 is 2.67 bits per heavy atom. The number of amides is 2. The van der Waals surface area contributed by atoms with Crippen LogP contribution in [0.4, 0.5) is 19.3 Å². The zero-order valence-corrected chi connectivity index (χ0v) is 11.8. The van der Waals surface area contributed by atoms with Gasteiger partial charge in [-0.3, -0.25) is 0 Å². The van der Waals surface area contributed by atoms with Crippen molar-refractivity contribution in [3.63, 3.8) is 0 Å². The average Bonchev–Trinajstić information content (AvgIpc) is 2.41. The highest BCUT2D eigenvalue weighted by atomic mass is 19.1. The molecule has 0 radical (unpaired) electrons. The molecule has 0 saturated heterocycles. The summed E-state index contributed by atoms with van der Waals surface area (Å²) < 4.78 is 26.3. The van der Waals surface area contributed by atoms with Crippen LogP contribution in [-0.4, -0.2) is 34.6 Å². The van der Waals surface area contributed by atoms with Crippen LogP contribution in [0.1, 0.15) is 20.3 Å². The van der Waals surface area contributed by atoms with E-state index in [0.29, 0.717) is 6.07 Å². The number of amidine groups is 1. The lowest BCUT2D eigenvalue weighted by Gasteiger charge is -2.26. The maximum atomic E-state index is 13.5. The van der Waals surface area contributed by atoms with Gasteiger partial charge in [0.05, 0.1) is 5.69 Å². The van der Waals surface area contributed by atoms with Crippen LogP contribution in [-0.2, 0) is 0 Å². The van der Waals surface area contributed by atoms with E-state index in [4.69, 9.17) is 10.9 Å². The van der Waals surface area contributed by atoms with Crippen molar-refractivity contribution in [2.24, 2.45) is 10.9 Å². The quantitative estimate of drug-likeness (QED) is 0.337. The first-order valence-corrected chi connectivity index (χ1v) is 6.34. The Morgan fingerprint density at radius 1 is 1.48 bits per heavy atom. The normalized spacial score (nSPS) is 11.6. The van der Waals surface area contributed by atoms with Crippen LogP contribution in [0.5, 0.6) is 0 Å². The third-order valence-corrected chi connectivity index (χ3v) is 2.79. The summed E-state index contributed by atoms with van der Waals surface area (Å²) in [6, 6.07) is 2.15. The molecule has 1 rings (SSSR count). The molecule has 0 spiro atoms. The molecule has 0 aliphatic rings. The largest absolute Gasteiger partial charge is 0.409 e.